The van der Waals surface area contributed by atoms with Gasteiger partial charge in [-0.3, -0.25) is 14.2 Å². The number of carbonyl (C=O) groups is 1. The number of anilines is 1. The number of amides is 1. The van der Waals surface area contributed by atoms with E-state index in [1.54, 1.807) is 22.8 Å². The Hall–Kier alpha value is -3.06. The van der Waals surface area contributed by atoms with Gasteiger partial charge in [0.2, 0.25) is 5.91 Å². The summed E-state index contributed by atoms with van der Waals surface area (Å²) < 4.78 is 7.42. The highest BCUT2D eigenvalue weighted by Crippen LogP contribution is 2.33. The molecule has 1 unspecified atom stereocenters. The third kappa shape index (κ3) is 4.99. The molecule has 1 aromatic heterocycles. The molecule has 1 atom stereocenters. The molecule has 0 spiro atoms. The van der Waals surface area contributed by atoms with Crippen LogP contribution >= 0.6 is 11.8 Å². The van der Waals surface area contributed by atoms with Crippen molar-refractivity contribution in [2.75, 3.05) is 11.1 Å². The van der Waals surface area contributed by atoms with E-state index in [-0.39, 0.29) is 29.3 Å². The van der Waals surface area contributed by atoms with E-state index >= 15 is 0 Å². The van der Waals surface area contributed by atoms with Crippen LogP contribution in [-0.4, -0.2) is 21.2 Å². The number of nitrogens with one attached hydrogen (secondary N) is 1. The first-order valence-electron chi connectivity index (χ1n) is 10.2. The molecular weight excluding hydrogens is 410 g/mol. The summed E-state index contributed by atoms with van der Waals surface area (Å²) in [5.74, 6) is 1.97. The highest BCUT2D eigenvalue weighted by atomic mass is 32.2. The number of aromatic nitrogens is 2. The fraction of sp³-hybridized carbons (Fsp3) is 0.292. The van der Waals surface area contributed by atoms with Crippen LogP contribution in [0.15, 0.2) is 70.6 Å². The predicted octanol–water partition coefficient (Wildman–Crippen LogP) is 5.01. The van der Waals surface area contributed by atoms with Crippen LogP contribution in [0, 0.1) is 0 Å². The minimum atomic E-state index is -0.199. The maximum absolute atomic E-state index is 12.7. The van der Waals surface area contributed by atoms with Gasteiger partial charge in [0.05, 0.1) is 11.7 Å². The molecule has 0 bridgehead atoms. The lowest BCUT2D eigenvalue weighted by Gasteiger charge is -2.19. The third-order valence-corrected chi connectivity index (χ3v) is 6.09. The van der Waals surface area contributed by atoms with Crippen molar-refractivity contribution in [1.29, 1.82) is 0 Å². The molecule has 2 heterocycles. The van der Waals surface area contributed by atoms with Gasteiger partial charge in [0, 0.05) is 29.3 Å². The standard InChI is InChI=1S/C24H25N3O3S/c1-24(2,3)20-14-22(29)27-17(15-31-23(27)26-20)13-21(28)25-16-9-11-19(12-10-16)30-18-7-5-4-6-8-18/h4-12,14,17H,13,15H2,1-3H3,(H,25,28). The van der Waals surface area contributed by atoms with E-state index in [1.165, 1.54) is 11.8 Å². The molecule has 4 rings (SSSR count). The molecule has 1 aliphatic rings. The molecule has 31 heavy (non-hydrogen) atoms. The number of nitrogens with zero attached hydrogens (tertiary/aromatic N) is 2. The van der Waals surface area contributed by atoms with Crippen molar-refractivity contribution in [2.24, 2.45) is 0 Å². The summed E-state index contributed by atoms with van der Waals surface area (Å²) in [5.41, 5.74) is 1.17. The third-order valence-electron chi connectivity index (χ3n) is 5.00. The fourth-order valence-electron chi connectivity index (χ4n) is 3.34. The number of thioether (sulfide) groups is 1. The van der Waals surface area contributed by atoms with Crippen LogP contribution in [0.4, 0.5) is 5.69 Å². The monoisotopic (exact) mass is 435 g/mol. The largest absolute Gasteiger partial charge is 0.457 e. The van der Waals surface area contributed by atoms with Gasteiger partial charge in [-0.2, -0.15) is 0 Å². The van der Waals surface area contributed by atoms with Gasteiger partial charge in [-0.05, 0) is 36.4 Å². The van der Waals surface area contributed by atoms with Gasteiger partial charge in [0.15, 0.2) is 5.16 Å². The molecule has 2 aromatic carbocycles. The Morgan fingerprint density at radius 1 is 1.13 bits per heavy atom. The Kier molecular flexibility index (Phi) is 5.87. The van der Waals surface area contributed by atoms with E-state index in [4.69, 9.17) is 4.74 Å². The maximum atomic E-state index is 12.7. The summed E-state index contributed by atoms with van der Waals surface area (Å²) in [7, 11) is 0. The van der Waals surface area contributed by atoms with Gasteiger partial charge >= 0.3 is 0 Å². The molecule has 1 aliphatic heterocycles. The van der Waals surface area contributed by atoms with Crippen LogP contribution in [0.25, 0.3) is 0 Å². The van der Waals surface area contributed by atoms with Crippen LogP contribution in [0.1, 0.15) is 38.9 Å². The molecule has 7 heteroatoms. The molecule has 6 nitrogen and oxygen atoms in total. The Bertz CT molecular complexity index is 1140. The van der Waals surface area contributed by atoms with Crippen LogP contribution in [0.2, 0.25) is 0 Å². The summed E-state index contributed by atoms with van der Waals surface area (Å²) >= 11 is 1.53. The first-order valence-corrected chi connectivity index (χ1v) is 11.2. The molecule has 1 amide bonds. The zero-order valence-electron chi connectivity index (χ0n) is 17.8. The summed E-state index contributed by atoms with van der Waals surface area (Å²) in [5, 5.41) is 3.60. The molecular formula is C24H25N3O3S. The molecule has 0 saturated carbocycles. The van der Waals surface area contributed by atoms with Gasteiger partial charge in [-0.25, -0.2) is 4.98 Å². The van der Waals surface area contributed by atoms with Crippen molar-refractivity contribution in [2.45, 2.75) is 43.8 Å². The average molecular weight is 436 g/mol. The van der Waals surface area contributed by atoms with Gasteiger partial charge < -0.3 is 10.1 Å². The number of rotatable bonds is 5. The van der Waals surface area contributed by atoms with Crippen molar-refractivity contribution >= 4 is 23.4 Å². The number of carbonyl (C=O) groups excluding carboxylic acids is 1. The second-order valence-electron chi connectivity index (χ2n) is 8.54. The minimum absolute atomic E-state index is 0.0971. The van der Waals surface area contributed by atoms with E-state index in [1.807, 2.05) is 63.2 Å². The van der Waals surface area contributed by atoms with Crippen LogP contribution in [0.3, 0.4) is 0 Å². The lowest BCUT2D eigenvalue weighted by atomic mass is 9.92. The molecule has 0 aliphatic carbocycles. The Labute approximate surface area is 185 Å². The number of benzene rings is 2. The van der Waals surface area contributed by atoms with Crippen molar-refractivity contribution in [1.82, 2.24) is 9.55 Å². The Balaban J connectivity index is 1.40. The molecule has 3 aromatic rings. The van der Waals surface area contributed by atoms with E-state index in [2.05, 4.69) is 10.3 Å². The Morgan fingerprint density at radius 2 is 1.81 bits per heavy atom. The zero-order chi connectivity index (χ0) is 22.0. The average Bonchev–Trinajstić information content (AvgIpc) is 3.13. The van der Waals surface area contributed by atoms with Gasteiger partial charge in [0.1, 0.15) is 11.5 Å². The number of hydrogen-bond donors (Lipinski definition) is 1. The summed E-state index contributed by atoms with van der Waals surface area (Å²) in [6.07, 6.45) is 0.221. The highest BCUT2D eigenvalue weighted by Gasteiger charge is 2.29. The van der Waals surface area contributed by atoms with Crippen molar-refractivity contribution in [3.8, 4) is 11.5 Å². The smallest absolute Gasteiger partial charge is 0.254 e. The van der Waals surface area contributed by atoms with Crippen molar-refractivity contribution in [3.05, 3.63) is 76.7 Å². The molecule has 0 radical (unpaired) electrons. The predicted molar refractivity (Wildman–Crippen MR) is 123 cm³/mol. The number of para-hydroxylation sites is 1. The normalized spacial score (nSPS) is 15.4. The summed E-state index contributed by atoms with van der Waals surface area (Å²) in [4.78, 5) is 29.9. The van der Waals surface area contributed by atoms with Crippen LogP contribution in [-0.2, 0) is 10.2 Å². The number of fused-ring (bicyclic) bond motifs is 1. The number of ether oxygens (including phenoxy) is 1. The minimum Gasteiger partial charge on any atom is -0.457 e. The summed E-state index contributed by atoms with van der Waals surface area (Å²) in [6, 6.07) is 18.1. The van der Waals surface area contributed by atoms with E-state index in [0.29, 0.717) is 22.3 Å². The van der Waals surface area contributed by atoms with Gasteiger partial charge in [0.25, 0.3) is 5.56 Å². The molecule has 0 saturated heterocycles. The second-order valence-corrected chi connectivity index (χ2v) is 9.53. The van der Waals surface area contributed by atoms with Crippen molar-refractivity contribution < 1.29 is 9.53 Å². The maximum Gasteiger partial charge on any atom is 0.254 e. The zero-order valence-corrected chi connectivity index (χ0v) is 18.6. The second kappa shape index (κ2) is 8.59. The fourth-order valence-corrected chi connectivity index (χ4v) is 4.49. The first kappa shape index (κ1) is 21.2. The van der Waals surface area contributed by atoms with Crippen LogP contribution in [0.5, 0.6) is 11.5 Å². The lowest BCUT2D eigenvalue weighted by molar-refractivity contribution is -0.116. The SMILES string of the molecule is CC(C)(C)c1cc(=O)n2c(n1)SCC2CC(=O)Nc1ccc(Oc2ccccc2)cc1. The Morgan fingerprint density at radius 3 is 2.48 bits per heavy atom. The van der Waals surface area contributed by atoms with Crippen LogP contribution < -0.4 is 15.6 Å². The van der Waals surface area contributed by atoms with Gasteiger partial charge in [-0.1, -0.05) is 50.7 Å². The van der Waals surface area contributed by atoms with Crippen molar-refractivity contribution in [3.63, 3.8) is 0 Å². The molecule has 160 valence electrons. The van der Waals surface area contributed by atoms with E-state index < -0.39 is 0 Å². The number of hydrogen-bond acceptors (Lipinski definition) is 5. The highest BCUT2D eigenvalue weighted by molar-refractivity contribution is 7.99. The summed E-state index contributed by atoms with van der Waals surface area (Å²) in [6.45, 7) is 6.10. The topological polar surface area (TPSA) is 73.2 Å². The quantitative estimate of drug-likeness (QED) is 0.571. The van der Waals surface area contributed by atoms with E-state index in [9.17, 15) is 9.59 Å². The first-order chi connectivity index (χ1) is 14.8. The molecule has 1 N–H and O–H groups in total. The van der Waals surface area contributed by atoms with E-state index in [0.717, 1.165) is 11.4 Å². The van der Waals surface area contributed by atoms with Gasteiger partial charge in [-0.15, -0.1) is 0 Å². The lowest BCUT2D eigenvalue weighted by Crippen LogP contribution is -2.29. The molecule has 0 fully saturated rings.